The van der Waals surface area contributed by atoms with Crippen LogP contribution in [0.2, 0.25) is 0 Å². The number of carbonyl (C=O) groups is 3. The van der Waals surface area contributed by atoms with Crippen molar-refractivity contribution in [3.8, 4) is 11.1 Å². The van der Waals surface area contributed by atoms with E-state index in [1.807, 2.05) is 72.8 Å². The monoisotopic (exact) mass is 686 g/mol. The number of rotatable bonds is 21. The second-order valence-corrected chi connectivity index (χ2v) is 15.5. The van der Waals surface area contributed by atoms with Crippen LogP contribution >= 0.6 is 0 Å². The first-order valence-electron chi connectivity index (χ1n) is 18.1. The van der Waals surface area contributed by atoms with Crippen LogP contribution in [0.25, 0.3) is 11.1 Å². The number of nitrogens with two attached hydrogens (primary N) is 1. The molecule has 50 heavy (non-hydrogen) atoms. The SMILES string of the molecule is C[N+](C)(C)CCCC[C@H](NC(=O)[C@H](Cc1ccc(-c2ccccc2)cc1)NC(=O)[C@@H](N)CCCC[N+](C)(C)C)C(=O)NCCc1ccccc1. The molecule has 0 aliphatic heterocycles. The van der Waals surface area contributed by atoms with Gasteiger partial charge in [-0.05, 0) is 67.2 Å². The summed E-state index contributed by atoms with van der Waals surface area (Å²) in [5.74, 6) is -0.966. The van der Waals surface area contributed by atoms with E-state index in [1.54, 1.807) is 0 Å². The van der Waals surface area contributed by atoms with E-state index in [0.717, 1.165) is 70.0 Å². The van der Waals surface area contributed by atoms with Crippen molar-refractivity contribution < 1.29 is 23.3 Å². The molecule has 9 nitrogen and oxygen atoms in total. The minimum Gasteiger partial charge on any atom is -0.354 e. The maximum absolute atomic E-state index is 14.0. The molecular formula is C41H62N6O3+2. The van der Waals surface area contributed by atoms with Gasteiger partial charge in [-0.15, -0.1) is 0 Å². The van der Waals surface area contributed by atoms with Crippen molar-refractivity contribution in [2.45, 2.75) is 69.5 Å². The molecule has 3 rings (SSSR count). The Morgan fingerprint density at radius 2 is 1.10 bits per heavy atom. The molecule has 0 aliphatic rings. The topological polar surface area (TPSA) is 113 Å². The van der Waals surface area contributed by atoms with Gasteiger partial charge in [0.15, 0.2) is 0 Å². The molecule has 0 aliphatic carbocycles. The molecule has 0 aromatic heterocycles. The first-order chi connectivity index (χ1) is 23.7. The zero-order chi connectivity index (χ0) is 36.6. The number of carbonyl (C=O) groups excluding carboxylic acids is 3. The molecule has 3 aromatic rings. The van der Waals surface area contributed by atoms with Gasteiger partial charge in [0.05, 0.1) is 61.4 Å². The number of unbranched alkanes of at least 4 members (excludes halogenated alkanes) is 2. The highest BCUT2D eigenvalue weighted by Gasteiger charge is 2.28. The second-order valence-electron chi connectivity index (χ2n) is 15.5. The lowest BCUT2D eigenvalue weighted by atomic mass is 9.99. The molecule has 3 atom stereocenters. The fraction of sp³-hybridized carbons (Fsp3) is 0.488. The second kappa shape index (κ2) is 20.0. The summed E-state index contributed by atoms with van der Waals surface area (Å²) in [7, 11) is 12.9. The standard InChI is InChI=1S/C41H60N6O3/c1-46(2,3)29-15-13-21-36(42)39(48)45-38(31-33-23-25-35(26-24-33)34-19-11-8-12-20-34)41(50)44-37(22-14-16-30-47(4,5)6)40(49)43-28-27-32-17-9-7-10-18-32/h7-12,17-20,23-26,36-38H,13-16,21-22,27-31,42H2,1-6H3,(H-2,43,44,45,48,49,50)/p+2/t36-,37-,38-/m0/s1. The minimum atomic E-state index is -0.895. The Labute approximate surface area is 300 Å². The smallest absolute Gasteiger partial charge is 0.243 e. The lowest BCUT2D eigenvalue weighted by molar-refractivity contribution is -0.870. The van der Waals surface area contributed by atoms with Gasteiger partial charge in [-0.1, -0.05) is 84.9 Å². The molecular weight excluding hydrogens is 624 g/mol. The van der Waals surface area contributed by atoms with E-state index in [9.17, 15) is 14.4 Å². The molecule has 0 fully saturated rings. The molecule has 3 amide bonds. The first-order valence-corrected chi connectivity index (χ1v) is 18.1. The predicted octanol–water partition coefficient (Wildman–Crippen LogP) is 4.30. The van der Waals surface area contributed by atoms with Crippen LogP contribution in [-0.2, 0) is 27.2 Å². The van der Waals surface area contributed by atoms with Crippen molar-refractivity contribution in [1.82, 2.24) is 16.0 Å². The third-order valence-corrected chi connectivity index (χ3v) is 8.83. The third-order valence-electron chi connectivity index (χ3n) is 8.83. The zero-order valence-corrected chi connectivity index (χ0v) is 31.3. The van der Waals surface area contributed by atoms with Crippen LogP contribution in [0.15, 0.2) is 84.9 Å². The van der Waals surface area contributed by atoms with E-state index in [0.29, 0.717) is 25.8 Å². The van der Waals surface area contributed by atoms with E-state index in [2.05, 4.69) is 70.4 Å². The molecule has 0 spiro atoms. The average Bonchev–Trinajstić information content (AvgIpc) is 3.07. The molecule has 0 bridgehead atoms. The molecule has 9 heteroatoms. The highest BCUT2D eigenvalue weighted by molar-refractivity contribution is 5.93. The van der Waals surface area contributed by atoms with Gasteiger partial charge in [-0.25, -0.2) is 0 Å². The van der Waals surface area contributed by atoms with Crippen LogP contribution < -0.4 is 21.7 Å². The van der Waals surface area contributed by atoms with Crippen molar-refractivity contribution >= 4 is 17.7 Å². The number of amides is 3. The molecule has 0 unspecified atom stereocenters. The van der Waals surface area contributed by atoms with Crippen molar-refractivity contribution in [2.24, 2.45) is 5.73 Å². The summed E-state index contributed by atoms with van der Waals surface area (Å²) in [6.45, 7) is 2.41. The summed E-state index contributed by atoms with van der Waals surface area (Å²) in [6, 6.07) is 25.8. The number of hydrogen-bond donors (Lipinski definition) is 4. The Hall–Kier alpha value is -4.05. The van der Waals surface area contributed by atoms with E-state index in [1.165, 1.54) is 0 Å². The predicted molar refractivity (Wildman–Crippen MR) is 204 cm³/mol. The summed E-state index contributed by atoms with van der Waals surface area (Å²) >= 11 is 0. The number of nitrogens with zero attached hydrogens (tertiary/aromatic N) is 2. The van der Waals surface area contributed by atoms with Crippen molar-refractivity contribution in [3.63, 3.8) is 0 Å². The quantitative estimate of drug-likeness (QED) is 0.0989. The minimum absolute atomic E-state index is 0.217. The van der Waals surface area contributed by atoms with Crippen molar-refractivity contribution in [2.75, 3.05) is 61.9 Å². The van der Waals surface area contributed by atoms with Crippen LogP contribution in [0.1, 0.15) is 49.7 Å². The van der Waals surface area contributed by atoms with Crippen LogP contribution in [0.5, 0.6) is 0 Å². The molecule has 5 N–H and O–H groups in total. The largest absolute Gasteiger partial charge is 0.354 e. The molecule has 3 aromatic carbocycles. The number of quaternary nitrogens is 2. The van der Waals surface area contributed by atoms with Gasteiger partial charge in [-0.3, -0.25) is 14.4 Å². The van der Waals surface area contributed by atoms with Gasteiger partial charge in [0.2, 0.25) is 17.7 Å². The van der Waals surface area contributed by atoms with Crippen LogP contribution in [0.4, 0.5) is 0 Å². The van der Waals surface area contributed by atoms with E-state index < -0.39 is 24.0 Å². The number of benzene rings is 3. The molecule has 272 valence electrons. The Morgan fingerprint density at radius 3 is 1.68 bits per heavy atom. The van der Waals surface area contributed by atoms with E-state index in [-0.39, 0.29) is 18.2 Å². The Balaban J connectivity index is 1.74. The maximum Gasteiger partial charge on any atom is 0.243 e. The summed E-state index contributed by atoms with van der Waals surface area (Å²) in [5.41, 5.74) is 10.5. The Kier molecular flexibility index (Phi) is 16.1. The molecule has 0 radical (unpaired) electrons. The summed E-state index contributed by atoms with van der Waals surface area (Å²) in [6.07, 6.45) is 5.47. The molecule has 0 saturated carbocycles. The lowest BCUT2D eigenvalue weighted by Crippen LogP contribution is -2.56. The Morgan fingerprint density at radius 1 is 0.580 bits per heavy atom. The number of nitrogens with one attached hydrogen (secondary N) is 3. The number of hydrogen-bond acceptors (Lipinski definition) is 4. The maximum atomic E-state index is 14.0. The van der Waals surface area contributed by atoms with Crippen molar-refractivity contribution in [1.29, 1.82) is 0 Å². The summed E-state index contributed by atoms with van der Waals surface area (Å²) in [4.78, 5) is 40.9. The molecule has 0 heterocycles. The highest BCUT2D eigenvalue weighted by Crippen LogP contribution is 2.20. The van der Waals surface area contributed by atoms with Crippen LogP contribution in [0.3, 0.4) is 0 Å². The van der Waals surface area contributed by atoms with Gasteiger partial charge >= 0.3 is 0 Å². The van der Waals surface area contributed by atoms with Gasteiger partial charge in [0.25, 0.3) is 0 Å². The first kappa shape index (κ1) is 40.4. The zero-order valence-electron chi connectivity index (χ0n) is 31.3. The van der Waals surface area contributed by atoms with Gasteiger partial charge in [0, 0.05) is 13.0 Å². The summed E-state index contributed by atoms with van der Waals surface area (Å²) < 4.78 is 1.68. The van der Waals surface area contributed by atoms with Gasteiger partial charge in [0.1, 0.15) is 12.1 Å². The average molecular weight is 687 g/mol. The van der Waals surface area contributed by atoms with Gasteiger partial charge in [-0.2, -0.15) is 0 Å². The lowest BCUT2D eigenvalue weighted by Gasteiger charge is -2.26. The Bertz CT molecular complexity index is 1450. The molecule has 0 saturated heterocycles. The summed E-state index contributed by atoms with van der Waals surface area (Å²) in [5, 5.41) is 9.01. The van der Waals surface area contributed by atoms with Crippen molar-refractivity contribution in [3.05, 3.63) is 96.1 Å². The fourth-order valence-electron chi connectivity index (χ4n) is 5.84. The van der Waals surface area contributed by atoms with Crippen LogP contribution in [-0.4, -0.2) is 107 Å². The normalized spacial score (nSPS) is 13.6. The third kappa shape index (κ3) is 15.7. The van der Waals surface area contributed by atoms with Gasteiger partial charge < -0.3 is 30.7 Å². The van der Waals surface area contributed by atoms with E-state index >= 15 is 0 Å². The van der Waals surface area contributed by atoms with Crippen LogP contribution in [0, 0.1) is 0 Å². The fourth-order valence-corrected chi connectivity index (χ4v) is 5.84. The van der Waals surface area contributed by atoms with E-state index in [4.69, 9.17) is 5.73 Å². The highest BCUT2D eigenvalue weighted by atomic mass is 16.2.